The topological polar surface area (TPSA) is 29.1 Å². The Morgan fingerprint density at radius 3 is 1.68 bits per heavy atom. The van der Waals surface area contributed by atoms with Crippen molar-refractivity contribution >= 4 is 6.41 Å². The monoisotopic (exact) mass is 419 g/mol. The Kier molecular flexibility index (Phi) is 85.9. The molecule has 0 aromatic rings. The summed E-state index contributed by atoms with van der Waals surface area (Å²) in [6, 6.07) is -0.00694. The van der Waals surface area contributed by atoms with Crippen LogP contribution in [0.4, 0.5) is 0 Å². The standard InChI is InChI=1S/C5H10NO.C4H9.2C3H5.2Y/c1-3-5(2)6-4-7;1-3-4-2;2*1-3-2;;/h5H,3H2,1-2H3,(H,6,7);3H,4H2,1-2H3;2*3H,1-2H2;;/q4*-1;;/i/hT. The van der Waals surface area contributed by atoms with E-state index in [1.54, 1.807) is 6.92 Å². The van der Waals surface area contributed by atoms with Gasteiger partial charge in [0.2, 0.25) is 0 Å². The maximum absolute atomic E-state index is 9.72. The molecule has 1 amide bonds. The van der Waals surface area contributed by atoms with Crippen molar-refractivity contribution in [1.82, 2.24) is 5.31 Å². The molecule has 0 saturated carbocycles. The van der Waals surface area contributed by atoms with Gasteiger partial charge in [-0.15, -0.1) is 0 Å². The van der Waals surface area contributed by atoms with Gasteiger partial charge in [0.25, 0.3) is 0 Å². The Morgan fingerprint density at radius 1 is 1.37 bits per heavy atom. The van der Waals surface area contributed by atoms with Gasteiger partial charge >= 0.3 is 0 Å². The molecule has 110 valence electrons. The number of unbranched alkanes of at least 4 members (excludes halogenated alkanes) is 1. The van der Waals surface area contributed by atoms with E-state index in [0.29, 0.717) is 0 Å². The molecule has 0 bridgehead atoms. The van der Waals surface area contributed by atoms with E-state index >= 15 is 0 Å². The molecule has 0 saturated heterocycles. The Hall–Kier alpha value is 0.898. The van der Waals surface area contributed by atoms with Crippen LogP contribution in [0.3, 0.4) is 0 Å². The molecule has 0 spiro atoms. The van der Waals surface area contributed by atoms with Crippen LogP contribution in [-0.4, -0.2) is 12.5 Å². The third kappa shape index (κ3) is 113. The van der Waals surface area contributed by atoms with Gasteiger partial charge in [-0.05, 0) is 19.4 Å². The van der Waals surface area contributed by atoms with E-state index < -0.39 is 0 Å². The summed E-state index contributed by atoms with van der Waals surface area (Å²) in [5.74, 6) is 0. The van der Waals surface area contributed by atoms with E-state index in [-0.39, 0.29) is 71.5 Å². The molecule has 19 heavy (non-hydrogen) atoms. The van der Waals surface area contributed by atoms with E-state index in [4.69, 9.17) is 1.41 Å². The summed E-state index contributed by atoms with van der Waals surface area (Å²) >= 11 is 0. The minimum absolute atomic E-state index is 0. The fraction of sp³-hybridized carbons (Fsp3) is 0.467. The van der Waals surface area contributed by atoms with Crippen LogP contribution >= 0.6 is 0 Å². The van der Waals surface area contributed by atoms with Crippen molar-refractivity contribution < 1.29 is 71.6 Å². The van der Waals surface area contributed by atoms with Gasteiger partial charge in [-0.3, -0.25) is 0 Å². The van der Waals surface area contributed by atoms with Crippen LogP contribution in [0.2, 0.25) is 1.41 Å². The zero-order valence-corrected chi connectivity index (χ0v) is 18.7. The Labute approximate surface area is 173 Å². The summed E-state index contributed by atoms with van der Waals surface area (Å²) in [5, 5.41) is 0.792. The van der Waals surface area contributed by atoms with Crippen molar-refractivity contribution in [2.24, 2.45) is 0 Å². The fourth-order valence-electron chi connectivity index (χ4n) is 0.181. The molecule has 2 nitrogen and oxygen atoms in total. The zero-order chi connectivity index (χ0) is 15.4. The van der Waals surface area contributed by atoms with Gasteiger partial charge < -0.3 is 16.5 Å². The number of hydrogen-bond acceptors (Lipinski definition) is 1. The Morgan fingerprint density at radius 2 is 1.63 bits per heavy atom. The van der Waals surface area contributed by atoms with Gasteiger partial charge in [-0.25, -0.2) is 39.2 Å². The van der Waals surface area contributed by atoms with E-state index in [0.717, 1.165) is 11.7 Å². The van der Waals surface area contributed by atoms with Gasteiger partial charge in [-0.1, -0.05) is 13.8 Å². The summed E-state index contributed by atoms with van der Waals surface area (Å²) in [7, 11) is 0. The van der Waals surface area contributed by atoms with Crippen molar-refractivity contribution in [3.8, 4) is 0 Å². The molecular formula is C15H29NOY2-4. The molecule has 0 aromatic carbocycles. The van der Waals surface area contributed by atoms with E-state index in [1.807, 2.05) is 6.92 Å². The van der Waals surface area contributed by atoms with Crippen LogP contribution in [0.1, 0.15) is 40.5 Å². The fourth-order valence-corrected chi connectivity index (χ4v) is 0.181. The minimum atomic E-state index is -0.00694. The van der Waals surface area contributed by atoms with Crippen LogP contribution in [-0.2, 0) is 70.2 Å². The minimum Gasteiger partial charge on any atom is -0.528 e. The van der Waals surface area contributed by atoms with Crippen LogP contribution in [0.25, 0.3) is 0 Å². The summed E-state index contributed by atoms with van der Waals surface area (Å²) in [4.78, 5) is 9.72. The van der Waals surface area contributed by atoms with E-state index in [2.05, 4.69) is 47.3 Å². The molecule has 0 aromatic heterocycles. The van der Waals surface area contributed by atoms with Gasteiger partial charge in [-0.2, -0.15) is 19.8 Å². The molecular weight excluding hydrogens is 388 g/mol. The first-order valence-electron chi connectivity index (χ1n) is 6.15. The third-order valence-corrected chi connectivity index (χ3v) is 1.27. The van der Waals surface area contributed by atoms with Crippen molar-refractivity contribution in [2.45, 2.75) is 46.6 Å². The van der Waals surface area contributed by atoms with Gasteiger partial charge in [0.15, 0.2) is 0 Å². The number of allylic oxidation sites excluding steroid dienone is 2. The first kappa shape index (κ1) is 32.0. The first-order valence-corrected chi connectivity index (χ1v) is 5.70. The number of hydrogen-bond donors (Lipinski definition) is 1. The molecule has 1 atom stereocenters. The Bertz CT molecular complexity index is 162. The van der Waals surface area contributed by atoms with E-state index in [1.165, 1.54) is 25.0 Å². The SMILES string of the molecule is C=C[CH2-].C=C[CH2-].C[CH-]CC.[3H]N([C-]=O)C(C)CC.[Y].[Y]. The molecule has 0 heterocycles. The predicted octanol–water partition coefficient (Wildman–Crippen LogP) is 4.07. The summed E-state index contributed by atoms with van der Waals surface area (Å²) < 4.78 is 6.84. The van der Waals surface area contributed by atoms with Crippen molar-refractivity contribution in [3.63, 3.8) is 0 Å². The molecule has 0 fully saturated rings. The molecule has 4 heteroatoms. The second kappa shape index (κ2) is 51.0. The van der Waals surface area contributed by atoms with Gasteiger partial charge in [0, 0.05) is 65.4 Å². The molecule has 1 N–H and O–H groups in total. The van der Waals surface area contributed by atoms with Crippen LogP contribution in [0.15, 0.2) is 25.3 Å². The third-order valence-electron chi connectivity index (χ3n) is 1.27. The number of carbonyl (C=O) groups excluding carboxylic acids is 1. The van der Waals surface area contributed by atoms with Gasteiger partial charge in [0.05, 0.1) is 0 Å². The summed E-state index contributed by atoms with van der Waals surface area (Å²) in [6.45, 7) is 20.9. The van der Waals surface area contributed by atoms with Crippen molar-refractivity contribution in [3.05, 3.63) is 45.6 Å². The van der Waals surface area contributed by atoms with Crippen molar-refractivity contribution in [2.75, 3.05) is 0 Å². The Balaban J connectivity index is -0.0000000352. The molecule has 0 rings (SSSR count). The number of amides is 1. The molecule has 0 aliphatic rings. The van der Waals surface area contributed by atoms with Crippen LogP contribution in [0, 0.1) is 20.3 Å². The average molecular weight is 419 g/mol. The quantitative estimate of drug-likeness (QED) is 0.541. The predicted molar refractivity (Wildman–Crippen MR) is 80.0 cm³/mol. The summed E-state index contributed by atoms with van der Waals surface area (Å²) in [5.41, 5.74) is 0. The van der Waals surface area contributed by atoms with Crippen LogP contribution in [0.5, 0.6) is 0 Å². The second-order valence-electron chi connectivity index (χ2n) is 2.87. The number of nitrogens with one attached hydrogen (secondary N) is 1. The second-order valence-corrected chi connectivity index (χ2v) is 2.87. The molecule has 1 unspecified atom stereocenters. The largest absolute Gasteiger partial charge is 0.528 e. The maximum atomic E-state index is 9.72. The first-order chi connectivity index (χ1) is 8.46. The smallest absolute Gasteiger partial charge is 0.121 e. The zero-order valence-electron chi connectivity index (χ0n) is 14.1. The van der Waals surface area contributed by atoms with Crippen LogP contribution < -0.4 is 5.31 Å². The molecule has 2 radical (unpaired) electrons. The molecule has 0 aliphatic carbocycles. The molecule has 0 aliphatic heterocycles. The average Bonchev–Trinajstić information content (AvgIpc) is 2.39. The summed E-state index contributed by atoms with van der Waals surface area (Å²) in [6.07, 6.45) is 8.59. The van der Waals surface area contributed by atoms with Gasteiger partial charge in [0.1, 0.15) is 1.41 Å². The van der Waals surface area contributed by atoms with E-state index in [9.17, 15) is 4.79 Å². The number of rotatable bonds is 4. The maximum Gasteiger partial charge on any atom is 0.121 e. The van der Waals surface area contributed by atoms with Crippen molar-refractivity contribution in [1.29, 1.82) is 0 Å². The normalized spacial score (nSPS) is 8.32.